The van der Waals surface area contributed by atoms with Crippen molar-refractivity contribution in [3.05, 3.63) is 107 Å². The summed E-state index contributed by atoms with van der Waals surface area (Å²) in [6, 6.07) is 22.9. The zero-order valence-corrected chi connectivity index (χ0v) is 19.7. The third kappa shape index (κ3) is 7.87. The molecule has 5 heteroatoms. The lowest BCUT2D eigenvalue weighted by Gasteiger charge is -2.21. The molecule has 0 radical (unpaired) electrons. The molecule has 0 unspecified atom stereocenters. The standard InChI is InChI=1S/C29H32O5/c1-29(2,32)18-17-26-25(19-30)14-13-24(28(26)34-21-23-11-7-4-8-12-23)15-16-27(31)33-20-22-9-5-3-6-10-22/h3-16,30,32H,17-21H2,1-2H3. The Morgan fingerprint density at radius 2 is 1.53 bits per heavy atom. The summed E-state index contributed by atoms with van der Waals surface area (Å²) >= 11 is 0. The molecule has 3 rings (SSSR count). The van der Waals surface area contributed by atoms with Crippen LogP contribution < -0.4 is 4.74 Å². The van der Waals surface area contributed by atoms with E-state index >= 15 is 0 Å². The Morgan fingerprint density at radius 1 is 0.912 bits per heavy atom. The fourth-order valence-electron chi connectivity index (χ4n) is 3.51. The van der Waals surface area contributed by atoms with Gasteiger partial charge in [-0.15, -0.1) is 0 Å². The van der Waals surface area contributed by atoms with Gasteiger partial charge in [0.05, 0.1) is 12.2 Å². The number of ether oxygens (including phenoxy) is 2. The summed E-state index contributed by atoms with van der Waals surface area (Å²) in [6.07, 6.45) is 4.06. The zero-order chi connectivity index (χ0) is 24.4. The molecule has 5 nitrogen and oxygen atoms in total. The molecule has 0 aliphatic rings. The van der Waals surface area contributed by atoms with E-state index in [9.17, 15) is 15.0 Å². The molecule has 178 valence electrons. The smallest absolute Gasteiger partial charge is 0.331 e. The van der Waals surface area contributed by atoms with Crippen LogP contribution in [0.25, 0.3) is 6.08 Å². The Hall–Kier alpha value is -3.41. The molecule has 0 saturated carbocycles. The van der Waals surface area contributed by atoms with Crippen LogP contribution in [-0.2, 0) is 35.8 Å². The molecule has 0 saturated heterocycles. The monoisotopic (exact) mass is 460 g/mol. The van der Waals surface area contributed by atoms with E-state index in [-0.39, 0.29) is 13.2 Å². The summed E-state index contributed by atoms with van der Waals surface area (Å²) in [6.45, 7) is 3.89. The average Bonchev–Trinajstić information content (AvgIpc) is 2.84. The minimum Gasteiger partial charge on any atom is -0.488 e. The highest BCUT2D eigenvalue weighted by Gasteiger charge is 2.19. The number of aliphatic hydroxyl groups is 2. The maximum Gasteiger partial charge on any atom is 0.331 e. The molecular formula is C29H32O5. The fraction of sp³-hybridized carbons (Fsp3) is 0.276. The molecule has 0 atom stereocenters. The third-order valence-corrected chi connectivity index (χ3v) is 5.39. The van der Waals surface area contributed by atoms with Crippen LogP contribution in [0, 0.1) is 0 Å². The first-order valence-corrected chi connectivity index (χ1v) is 11.4. The van der Waals surface area contributed by atoms with Gasteiger partial charge in [-0.2, -0.15) is 0 Å². The molecular weight excluding hydrogens is 428 g/mol. The molecule has 0 aliphatic heterocycles. The zero-order valence-electron chi connectivity index (χ0n) is 19.7. The minimum atomic E-state index is -0.865. The second kappa shape index (κ2) is 12.2. The van der Waals surface area contributed by atoms with Crippen molar-refractivity contribution in [2.75, 3.05) is 0 Å². The fourth-order valence-corrected chi connectivity index (χ4v) is 3.51. The molecule has 0 spiro atoms. The Bertz CT molecular complexity index is 1080. The van der Waals surface area contributed by atoms with Gasteiger partial charge >= 0.3 is 5.97 Å². The Kier molecular flexibility index (Phi) is 9.02. The van der Waals surface area contributed by atoms with Crippen molar-refractivity contribution >= 4 is 12.0 Å². The van der Waals surface area contributed by atoms with Crippen molar-refractivity contribution in [2.24, 2.45) is 0 Å². The highest BCUT2D eigenvalue weighted by atomic mass is 16.5. The van der Waals surface area contributed by atoms with Gasteiger partial charge < -0.3 is 19.7 Å². The predicted octanol–water partition coefficient (Wildman–Crippen LogP) is 5.22. The van der Waals surface area contributed by atoms with Gasteiger partial charge in [-0.1, -0.05) is 72.8 Å². The summed E-state index contributed by atoms with van der Waals surface area (Å²) in [4.78, 5) is 12.3. The van der Waals surface area contributed by atoms with Crippen LogP contribution in [0.4, 0.5) is 0 Å². The van der Waals surface area contributed by atoms with Crippen molar-refractivity contribution in [3.63, 3.8) is 0 Å². The summed E-state index contributed by atoms with van der Waals surface area (Å²) < 4.78 is 11.6. The van der Waals surface area contributed by atoms with Crippen LogP contribution in [0.5, 0.6) is 5.75 Å². The van der Waals surface area contributed by atoms with Crippen LogP contribution in [0.3, 0.4) is 0 Å². The van der Waals surface area contributed by atoms with Crippen molar-refractivity contribution in [1.29, 1.82) is 0 Å². The first kappa shape index (κ1) is 25.2. The molecule has 0 fully saturated rings. The van der Waals surface area contributed by atoms with Crippen LogP contribution >= 0.6 is 0 Å². The largest absolute Gasteiger partial charge is 0.488 e. The van der Waals surface area contributed by atoms with E-state index in [1.165, 1.54) is 6.08 Å². The molecule has 2 N–H and O–H groups in total. The van der Waals surface area contributed by atoms with E-state index in [2.05, 4.69) is 0 Å². The van der Waals surface area contributed by atoms with Crippen LogP contribution in [0.15, 0.2) is 78.9 Å². The first-order valence-electron chi connectivity index (χ1n) is 11.4. The maximum absolute atomic E-state index is 12.3. The topological polar surface area (TPSA) is 76.0 Å². The van der Waals surface area contributed by atoms with E-state index in [4.69, 9.17) is 9.47 Å². The van der Waals surface area contributed by atoms with Gasteiger partial charge in [-0.25, -0.2) is 4.79 Å². The van der Waals surface area contributed by atoms with Gasteiger partial charge in [0.25, 0.3) is 0 Å². The molecule has 3 aromatic rings. The van der Waals surface area contributed by atoms with E-state index in [1.54, 1.807) is 19.9 Å². The van der Waals surface area contributed by atoms with Crippen molar-refractivity contribution in [2.45, 2.75) is 52.1 Å². The average molecular weight is 461 g/mol. The Morgan fingerprint density at radius 3 is 2.12 bits per heavy atom. The molecule has 0 aromatic heterocycles. The summed E-state index contributed by atoms with van der Waals surface area (Å²) in [5.74, 6) is 0.133. The Balaban J connectivity index is 1.84. The second-order valence-electron chi connectivity index (χ2n) is 8.79. The summed E-state index contributed by atoms with van der Waals surface area (Å²) in [5, 5.41) is 20.2. The SMILES string of the molecule is CC(C)(O)CCc1c(CO)ccc(C=CC(=O)OCc2ccccc2)c1OCc1ccccc1. The minimum absolute atomic E-state index is 0.147. The quantitative estimate of drug-likeness (QED) is 0.303. The van der Waals surface area contributed by atoms with E-state index < -0.39 is 11.6 Å². The number of rotatable bonds is 11. The van der Waals surface area contributed by atoms with E-state index in [0.717, 1.165) is 22.3 Å². The van der Waals surface area contributed by atoms with E-state index in [0.29, 0.717) is 30.8 Å². The number of hydrogen-bond donors (Lipinski definition) is 2. The normalized spacial score (nSPS) is 11.5. The van der Waals surface area contributed by atoms with Gasteiger partial charge in [0.1, 0.15) is 19.0 Å². The van der Waals surface area contributed by atoms with Gasteiger partial charge in [0, 0.05) is 17.2 Å². The van der Waals surface area contributed by atoms with Crippen molar-refractivity contribution in [1.82, 2.24) is 0 Å². The molecule has 0 heterocycles. The number of aliphatic hydroxyl groups excluding tert-OH is 1. The van der Waals surface area contributed by atoms with Gasteiger partial charge in [-0.3, -0.25) is 0 Å². The first-order chi connectivity index (χ1) is 16.4. The van der Waals surface area contributed by atoms with Crippen molar-refractivity contribution < 1.29 is 24.5 Å². The lowest BCUT2D eigenvalue weighted by atomic mass is 9.93. The number of carbonyl (C=O) groups excluding carboxylic acids is 1. The van der Waals surface area contributed by atoms with Crippen LogP contribution in [-0.4, -0.2) is 21.8 Å². The van der Waals surface area contributed by atoms with Gasteiger partial charge in [-0.05, 0) is 49.5 Å². The molecule has 0 amide bonds. The molecule has 34 heavy (non-hydrogen) atoms. The summed E-state index contributed by atoms with van der Waals surface area (Å²) in [7, 11) is 0. The van der Waals surface area contributed by atoms with Crippen LogP contribution in [0.2, 0.25) is 0 Å². The number of esters is 1. The third-order valence-electron chi connectivity index (χ3n) is 5.39. The predicted molar refractivity (Wildman–Crippen MR) is 133 cm³/mol. The lowest BCUT2D eigenvalue weighted by Crippen LogP contribution is -2.20. The van der Waals surface area contributed by atoms with Crippen molar-refractivity contribution in [3.8, 4) is 5.75 Å². The number of carbonyl (C=O) groups is 1. The molecule has 0 bridgehead atoms. The molecule has 0 aliphatic carbocycles. The lowest BCUT2D eigenvalue weighted by molar-refractivity contribution is -0.138. The number of hydrogen-bond acceptors (Lipinski definition) is 5. The number of benzene rings is 3. The highest BCUT2D eigenvalue weighted by molar-refractivity contribution is 5.87. The summed E-state index contributed by atoms with van der Waals surface area (Å²) in [5.41, 5.74) is 3.31. The highest BCUT2D eigenvalue weighted by Crippen LogP contribution is 2.32. The molecule has 3 aromatic carbocycles. The Labute approximate surface area is 201 Å². The second-order valence-corrected chi connectivity index (χ2v) is 8.79. The van der Waals surface area contributed by atoms with Crippen LogP contribution in [0.1, 0.15) is 48.1 Å². The van der Waals surface area contributed by atoms with E-state index in [1.807, 2.05) is 72.8 Å². The van der Waals surface area contributed by atoms with Gasteiger partial charge in [0.2, 0.25) is 0 Å². The maximum atomic E-state index is 12.3. The van der Waals surface area contributed by atoms with Gasteiger partial charge in [0.15, 0.2) is 0 Å².